The van der Waals surface area contributed by atoms with E-state index in [1.54, 1.807) is 12.0 Å². The fourth-order valence-electron chi connectivity index (χ4n) is 3.45. The Morgan fingerprint density at radius 1 is 1.23 bits per heavy atom. The number of morpholine rings is 1. The summed E-state index contributed by atoms with van der Waals surface area (Å²) in [5.74, 6) is 0.184. The van der Waals surface area contributed by atoms with Gasteiger partial charge in [-0.05, 0) is 42.8 Å². The first kappa shape index (κ1) is 23.4. The van der Waals surface area contributed by atoms with Crippen molar-refractivity contribution in [3.63, 3.8) is 0 Å². The van der Waals surface area contributed by atoms with Gasteiger partial charge >= 0.3 is 0 Å². The van der Waals surface area contributed by atoms with Crippen LogP contribution in [0.15, 0.2) is 42.5 Å². The summed E-state index contributed by atoms with van der Waals surface area (Å²) in [5, 5.41) is 0.634. The van der Waals surface area contributed by atoms with E-state index in [2.05, 4.69) is 9.88 Å². The second kappa shape index (κ2) is 10.9. The predicted molar refractivity (Wildman–Crippen MR) is 123 cm³/mol. The van der Waals surface area contributed by atoms with Gasteiger partial charge in [0.1, 0.15) is 11.6 Å². The van der Waals surface area contributed by atoms with Gasteiger partial charge in [-0.15, -0.1) is 12.4 Å². The van der Waals surface area contributed by atoms with E-state index >= 15 is 0 Å². The number of ether oxygens (including phenoxy) is 2. The summed E-state index contributed by atoms with van der Waals surface area (Å²) in [6.07, 6.45) is 0.812. The van der Waals surface area contributed by atoms with Gasteiger partial charge in [-0.1, -0.05) is 11.3 Å². The summed E-state index contributed by atoms with van der Waals surface area (Å²) < 4.78 is 25.0. The Hall–Kier alpha value is -2.26. The summed E-state index contributed by atoms with van der Waals surface area (Å²) in [4.78, 5) is 22.0. The van der Waals surface area contributed by atoms with E-state index in [-0.39, 0.29) is 24.1 Å². The van der Waals surface area contributed by atoms with Crippen molar-refractivity contribution in [1.29, 1.82) is 0 Å². The van der Waals surface area contributed by atoms with Crippen molar-refractivity contribution in [1.82, 2.24) is 9.88 Å². The van der Waals surface area contributed by atoms with Crippen LogP contribution in [0.5, 0.6) is 5.75 Å². The molecule has 2 heterocycles. The number of anilines is 1. The standard InChI is InChI=1S/C22H24FN3O3S.ClH/c1-28-18-7-8-20-19(15-18)24-22(30-20)26(10-2-9-25-11-13-29-14-12-25)21(27)16-3-5-17(23)6-4-16;/h3-8,15H,2,9-14H2,1H3;1H. The fourth-order valence-corrected chi connectivity index (χ4v) is 4.42. The van der Waals surface area contributed by atoms with Crippen LogP contribution in [-0.4, -0.2) is 62.3 Å². The molecule has 0 unspecified atom stereocenters. The Morgan fingerprint density at radius 2 is 1.97 bits per heavy atom. The number of hydrogen-bond acceptors (Lipinski definition) is 6. The van der Waals surface area contributed by atoms with Crippen molar-refractivity contribution >= 4 is 45.0 Å². The molecule has 0 bridgehead atoms. The zero-order valence-corrected chi connectivity index (χ0v) is 18.9. The Kier molecular flexibility index (Phi) is 8.20. The van der Waals surface area contributed by atoms with E-state index < -0.39 is 0 Å². The number of amides is 1. The third-order valence-corrected chi connectivity index (χ3v) is 6.17. The van der Waals surface area contributed by atoms with Crippen LogP contribution >= 0.6 is 23.7 Å². The molecule has 2 aromatic carbocycles. The molecule has 31 heavy (non-hydrogen) atoms. The molecule has 1 fully saturated rings. The van der Waals surface area contributed by atoms with Gasteiger partial charge < -0.3 is 9.47 Å². The van der Waals surface area contributed by atoms with Gasteiger partial charge in [-0.2, -0.15) is 0 Å². The lowest BCUT2D eigenvalue weighted by atomic mass is 10.2. The van der Waals surface area contributed by atoms with E-state index in [1.807, 2.05) is 18.2 Å². The number of thiazole rings is 1. The van der Waals surface area contributed by atoms with Crippen LogP contribution in [0, 0.1) is 5.82 Å². The van der Waals surface area contributed by atoms with Crippen molar-refractivity contribution in [2.24, 2.45) is 0 Å². The summed E-state index contributed by atoms with van der Waals surface area (Å²) in [6.45, 7) is 4.73. The smallest absolute Gasteiger partial charge is 0.260 e. The maximum atomic E-state index is 13.3. The molecule has 0 atom stereocenters. The molecule has 0 spiro atoms. The molecule has 1 amide bonds. The summed E-state index contributed by atoms with van der Waals surface area (Å²) in [7, 11) is 1.62. The number of halogens is 2. The Labute approximate surface area is 191 Å². The zero-order valence-electron chi connectivity index (χ0n) is 17.3. The Morgan fingerprint density at radius 3 is 2.68 bits per heavy atom. The Balaban J connectivity index is 0.00000272. The van der Waals surface area contributed by atoms with Crippen molar-refractivity contribution in [3.05, 3.63) is 53.8 Å². The third kappa shape index (κ3) is 5.71. The number of fused-ring (bicyclic) bond motifs is 1. The average Bonchev–Trinajstić information content (AvgIpc) is 3.20. The second-order valence-corrected chi connectivity index (χ2v) is 8.11. The van der Waals surface area contributed by atoms with E-state index in [0.29, 0.717) is 17.2 Å². The first-order valence-corrected chi connectivity index (χ1v) is 10.8. The van der Waals surface area contributed by atoms with Crippen molar-refractivity contribution < 1.29 is 18.7 Å². The molecule has 1 saturated heterocycles. The number of methoxy groups -OCH3 is 1. The van der Waals surface area contributed by atoms with E-state index in [0.717, 1.165) is 55.2 Å². The van der Waals surface area contributed by atoms with Crippen LogP contribution in [0.1, 0.15) is 16.8 Å². The number of carbonyl (C=O) groups excluding carboxylic acids is 1. The quantitative estimate of drug-likeness (QED) is 0.522. The van der Waals surface area contributed by atoms with Crippen molar-refractivity contribution in [2.45, 2.75) is 6.42 Å². The first-order chi connectivity index (χ1) is 14.6. The van der Waals surface area contributed by atoms with Crippen molar-refractivity contribution in [3.8, 4) is 5.75 Å². The lowest BCUT2D eigenvalue weighted by Gasteiger charge is -2.27. The largest absolute Gasteiger partial charge is 0.497 e. The minimum atomic E-state index is -0.363. The highest BCUT2D eigenvalue weighted by Gasteiger charge is 2.22. The topological polar surface area (TPSA) is 54.9 Å². The SMILES string of the molecule is COc1ccc2sc(N(CCCN3CCOCC3)C(=O)c3ccc(F)cc3)nc2c1.Cl. The molecule has 3 aromatic rings. The molecule has 0 radical (unpaired) electrons. The van der Waals surface area contributed by atoms with Crippen LogP contribution in [0.2, 0.25) is 0 Å². The maximum Gasteiger partial charge on any atom is 0.260 e. The molecule has 0 saturated carbocycles. The average molecular weight is 466 g/mol. The van der Waals surface area contributed by atoms with E-state index in [1.165, 1.54) is 35.6 Å². The van der Waals surface area contributed by atoms with Gasteiger partial charge in [-0.3, -0.25) is 14.6 Å². The lowest BCUT2D eigenvalue weighted by Crippen LogP contribution is -2.39. The van der Waals surface area contributed by atoms with Gasteiger partial charge in [0.25, 0.3) is 5.91 Å². The van der Waals surface area contributed by atoms with Crippen LogP contribution in [-0.2, 0) is 4.74 Å². The van der Waals surface area contributed by atoms with Gasteiger partial charge in [-0.25, -0.2) is 9.37 Å². The van der Waals surface area contributed by atoms with Crippen LogP contribution in [0.25, 0.3) is 10.2 Å². The minimum Gasteiger partial charge on any atom is -0.497 e. The molecule has 1 aliphatic heterocycles. The van der Waals surface area contributed by atoms with Gasteiger partial charge in [0.15, 0.2) is 5.13 Å². The molecule has 6 nitrogen and oxygen atoms in total. The number of aromatic nitrogens is 1. The van der Waals surface area contributed by atoms with Gasteiger partial charge in [0.05, 0.1) is 30.5 Å². The normalized spacial score (nSPS) is 14.3. The van der Waals surface area contributed by atoms with E-state index in [9.17, 15) is 9.18 Å². The summed E-state index contributed by atoms with van der Waals surface area (Å²) in [6, 6.07) is 11.3. The van der Waals surface area contributed by atoms with Gasteiger partial charge in [0.2, 0.25) is 0 Å². The maximum absolute atomic E-state index is 13.3. The van der Waals surface area contributed by atoms with E-state index in [4.69, 9.17) is 9.47 Å². The van der Waals surface area contributed by atoms with Gasteiger partial charge in [0, 0.05) is 37.8 Å². The molecule has 0 N–H and O–H groups in total. The zero-order chi connectivity index (χ0) is 20.9. The number of carbonyl (C=O) groups is 1. The highest BCUT2D eigenvalue weighted by Crippen LogP contribution is 2.32. The fraction of sp³-hybridized carbons (Fsp3) is 0.364. The third-order valence-electron chi connectivity index (χ3n) is 5.11. The lowest BCUT2D eigenvalue weighted by molar-refractivity contribution is 0.0376. The molecular formula is C22H25ClFN3O3S. The number of hydrogen-bond donors (Lipinski definition) is 0. The number of benzene rings is 2. The predicted octanol–water partition coefficient (Wildman–Crippen LogP) is 4.23. The summed E-state index contributed by atoms with van der Waals surface area (Å²) >= 11 is 1.47. The van der Waals surface area contributed by atoms with Crippen LogP contribution in [0.4, 0.5) is 9.52 Å². The second-order valence-electron chi connectivity index (χ2n) is 7.10. The molecule has 9 heteroatoms. The van der Waals surface area contributed by atoms with Crippen molar-refractivity contribution in [2.75, 3.05) is 51.4 Å². The van der Waals surface area contributed by atoms with Crippen LogP contribution < -0.4 is 9.64 Å². The molecule has 4 rings (SSSR count). The monoisotopic (exact) mass is 465 g/mol. The minimum absolute atomic E-state index is 0. The highest BCUT2D eigenvalue weighted by molar-refractivity contribution is 7.22. The number of rotatable bonds is 7. The molecule has 166 valence electrons. The molecule has 1 aromatic heterocycles. The van der Waals surface area contributed by atoms with Crippen LogP contribution in [0.3, 0.4) is 0 Å². The first-order valence-electron chi connectivity index (χ1n) is 9.96. The molecule has 0 aliphatic carbocycles. The molecule has 1 aliphatic rings. The highest BCUT2D eigenvalue weighted by atomic mass is 35.5. The summed E-state index contributed by atoms with van der Waals surface area (Å²) in [5.41, 5.74) is 1.24. The molecular weight excluding hydrogens is 441 g/mol. The number of nitrogens with zero attached hydrogens (tertiary/aromatic N) is 3. The Bertz CT molecular complexity index is 1010.